The van der Waals surface area contributed by atoms with Gasteiger partial charge in [0.2, 0.25) is 0 Å². The summed E-state index contributed by atoms with van der Waals surface area (Å²) in [5.41, 5.74) is 0.219. The maximum absolute atomic E-state index is 12.1. The third kappa shape index (κ3) is 1.99. The van der Waals surface area contributed by atoms with Crippen LogP contribution in [0.1, 0.15) is 0 Å². The standard InChI is InChI=1S/C11H10NO2P/c13-15(14,10-6-2-1-3-7-10)11-8-4-5-9-12-11/h1-9H,(H,13,14). The van der Waals surface area contributed by atoms with Crippen LogP contribution >= 0.6 is 7.37 Å². The third-order valence-corrected chi connectivity index (χ3v) is 3.95. The summed E-state index contributed by atoms with van der Waals surface area (Å²) >= 11 is 0. The van der Waals surface area contributed by atoms with Crippen molar-refractivity contribution in [2.75, 3.05) is 0 Å². The molecule has 0 spiro atoms. The molecule has 0 saturated heterocycles. The van der Waals surface area contributed by atoms with Crippen LogP contribution in [0.25, 0.3) is 0 Å². The molecule has 0 amide bonds. The van der Waals surface area contributed by atoms with E-state index in [0.717, 1.165) is 0 Å². The van der Waals surface area contributed by atoms with Crippen molar-refractivity contribution in [3.63, 3.8) is 0 Å². The summed E-state index contributed by atoms with van der Waals surface area (Å²) < 4.78 is 12.1. The number of nitrogens with zero attached hydrogens (tertiary/aromatic N) is 1. The van der Waals surface area contributed by atoms with Crippen molar-refractivity contribution in [3.8, 4) is 0 Å². The van der Waals surface area contributed by atoms with Gasteiger partial charge in [-0.2, -0.15) is 0 Å². The van der Waals surface area contributed by atoms with Crippen molar-refractivity contribution in [1.82, 2.24) is 4.98 Å². The summed E-state index contributed by atoms with van der Waals surface area (Å²) in [6.07, 6.45) is 1.52. The van der Waals surface area contributed by atoms with Gasteiger partial charge in [-0.3, -0.25) is 9.55 Å². The summed E-state index contributed by atoms with van der Waals surface area (Å²) in [7, 11) is -3.51. The fourth-order valence-electron chi connectivity index (χ4n) is 1.30. The van der Waals surface area contributed by atoms with Crippen LogP contribution in [0.15, 0.2) is 54.7 Å². The van der Waals surface area contributed by atoms with Gasteiger partial charge in [-0.05, 0) is 24.3 Å². The Morgan fingerprint density at radius 1 is 1.00 bits per heavy atom. The quantitative estimate of drug-likeness (QED) is 0.774. The Hall–Kier alpha value is -1.44. The van der Waals surface area contributed by atoms with Crippen molar-refractivity contribution < 1.29 is 9.46 Å². The minimum atomic E-state index is -3.51. The second kappa shape index (κ2) is 3.97. The Morgan fingerprint density at radius 3 is 2.27 bits per heavy atom. The zero-order valence-corrected chi connectivity index (χ0v) is 8.84. The number of hydrogen-bond acceptors (Lipinski definition) is 2. The van der Waals surface area contributed by atoms with Crippen LogP contribution in [0.5, 0.6) is 0 Å². The minimum Gasteiger partial charge on any atom is -0.337 e. The molecule has 0 saturated carbocycles. The van der Waals surface area contributed by atoms with E-state index >= 15 is 0 Å². The maximum atomic E-state index is 12.1. The lowest BCUT2D eigenvalue weighted by atomic mass is 10.4. The van der Waals surface area contributed by atoms with Crippen LogP contribution in [0.4, 0.5) is 0 Å². The molecule has 1 aromatic heterocycles. The summed E-state index contributed by atoms with van der Waals surface area (Å²) in [5.74, 6) is 0. The fourth-order valence-corrected chi connectivity index (χ4v) is 2.65. The van der Waals surface area contributed by atoms with E-state index in [1.165, 1.54) is 6.20 Å². The van der Waals surface area contributed by atoms with E-state index in [9.17, 15) is 9.46 Å². The third-order valence-electron chi connectivity index (χ3n) is 2.07. The summed E-state index contributed by atoms with van der Waals surface area (Å²) in [4.78, 5) is 13.9. The number of rotatable bonds is 2. The Morgan fingerprint density at radius 2 is 1.67 bits per heavy atom. The Kier molecular flexibility index (Phi) is 2.67. The van der Waals surface area contributed by atoms with Gasteiger partial charge in [0.15, 0.2) is 0 Å². The van der Waals surface area contributed by atoms with Gasteiger partial charge in [0, 0.05) is 11.5 Å². The first kappa shape index (κ1) is 10.1. The van der Waals surface area contributed by atoms with Crippen molar-refractivity contribution >= 4 is 18.1 Å². The molecular formula is C11H10NO2P. The highest BCUT2D eigenvalue weighted by atomic mass is 31.2. The first-order valence-electron chi connectivity index (χ1n) is 4.51. The lowest BCUT2D eigenvalue weighted by molar-refractivity contribution is 0.500. The van der Waals surface area contributed by atoms with Crippen LogP contribution in [0.2, 0.25) is 0 Å². The van der Waals surface area contributed by atoms with Gasteiger partial charge in [0.25, 0.3) is 7.37 Å². The first-order valence-corrected chi connectivity index (χ1v) is 6.17. The van der Waals surface area contributed by atoms with Gasteiger partial charge in [0.1, 0.15) is 5.44 Å². The fraction of sp³-hybridized carbons (Fsp3) is 0. The van der Waals surface area contributed by atoms with Gasteiger partial charge in [-0.1, -0.05) is 24.3 Å². The molecule has 15 heavy (non-hydrogen) atoms. The van der Waals surface area contributed by atoms with E-state index in [1.54, 1.807) is 42.5 Å². The van der Waals surface area contributed by atoms with E-state index in [-0.39, 0.29) is 5.44 Å². The van der Waals surface area contributed by atoms with Gasteiger partial charge >= 0.3 is 0 Å². The second-order valence-corrected chi connectivity index (χ2v) is 5.23. The summed E-state index contributed by atoms with van der Waals surface area (Å²) in [6, 6.07) is 13.5. The SMILES string of the molecule is O=P(O)(c1ccccc1)c1ccccn1. The van der Waals surface area contributed by atoms with E-state index in [0.29, 0.717) is 5.30 Å². The lowest BCUT2D eigenvalue weighted by Crippen LogP contribution is -2.17. The molecule has 1 N–H and O–H groups in total. The summed E-state index contributed by atoms with van der Waals surface area (Å²) in [6.45, 7) is 0. The van der Waals surface area contributed by atoms with E-state index in [4.69, 9.17) is 0 Å². The largest absolute Gasteiger partial charge is 0.337 e. The molecule has 1 atom stereocenters. The molecule has 0 aliphatic rings. The van der Waals surface area contributed by atoms with E-state index < -0.39 is 7.37 Å². The Balaban J connectivity index is 2.50. The molecular weight excluding hydrogens is 209 g/mol. The molecule has 0 aliphatic carbocycles. The predicted molar refractivity (Wildman–Crippen MR) is 59.8 cm³/mol. The zero-order chi connectivity index (χ0) is 10.7. The average Bonchev–Trinajstić information content (AvgIpc) is 2.31. The lowest BCUT2D eigenvalue weighted by Gasteiger charge is -2.10. The van der Waals surface area contributed by atoms with Gasteiger partial charge in [0.05, 0.1) is 0 Å². The molecule has 2 aromatic rings. The normalized spacial score (nSPS) is 14.5. The average molecular weight is 219 g/mol. The van der Waals surface area contributed by atoms with Crippen molar-refractivity contribution in [1.29, 1.82) is 0 Å². The topological polar surface area (TPSA) is 50.2 Å². The molecule has 1 heterocycles. The zero-order valence-electron chi connectivity index (χ0n) is 7.95. The number of pyridine rings is 1. The van der Waals surface area contributed by atoms with Crippen molar-refractivity contribution in [2.45, 2.75) is 0 Å². The molecule has 3 nitrogen and oxygen atoms in total. The predicted octanol–water partition coefficient (Wildman–Crippen LogP) is 1.30. The highest BCUT2D eigenvalue weighted by Gasteiger charge is 2.24. The second-order valence-electron chi connectivity index (χ2n) is 3.10. The van der Waals surface area contributed by atoms with E-state index in [1.807, 2.05) is 6.07 Å². The molecule has 0 bridgehead atoms. The van der Waals surface area contributed by atoms with Crippen LogP contribution < -0.4 is 10.7 Å². The molecule has 0 radical (unpaired) electrons. The van der Waals surface area contributed by atoms with Crippen LogP contribution in [-0.4, -0.2) is 9.88 Å². The molecule has 0 aliphatic heterocycles. The Labute approximate surface area is 87.9 Å². The number of aromatic nitrogens is 1. The highest BCUT2D eigenvalue weighted by molar-refractivity contribution is 7.73. The molecule has 0 fully saturated rings. The molecule has 1 unspecified atom stereocenters. The smallest absolute Gasteiger partial charge is 0.276 e. The maximum Gasteiger partial charge on any atom is 0.276 e. The van der Waals surface area contributed by atoms with Gasteiger partial charge in [-0.25, -0.2) is 0 Å². The van der Waals surface area contributed by atoms with Gasteiger partial charge in [-0.15, -0.1) is 0 Å². The highest BCUT2D eigenvalue weighted by Crippen LogP contribution is 2.36. The van der Waals surface area contributed by atoms with Crippen LogP contribution in [0.3, 0.4) is 0 Å². The minimum absolute atomic E-state index is 0.219. The van der Waals surface area contributed by atoms with Crippen molar-refractivity contribution in [3.05, 3.63) is 54.7 Å². The molecule has 4 heteroatoms. The number of benzene rings is 1. The monoisotopic (exact) mass is 219 g/mol. The van der Waals surface area contributed by atoms with Crippen molar-refractivity contribution in [2.24, 2.45) is 0 Å². The first-order chi connectivity index (χ1) is 7.21. The summed E-state index contributed by atoms with van der Waals surface area (Å²) in [5, 5.41) is 0.406. The molecule has 1 aromatic carbocycles. The molecule has 76 valence electrons. The van der Waals surface area contributed by atoms with Gasteiger partial charge < -0.3 is 4.89 Å². The van der Waals surface area contributed by atoms with Crippen LogP contribution in [0, 0.1) is 0 Å². The molecule has 2 rings (SSSR count). The van der Waals surface area contributed by atoms with Crippen LogP contribution in [-0.2, 0) is 4.57 Å². The number of hydrogen-bond donors (Lipinski definition) is 1. The Bertz CT molecular complexity index is 441. The van der Waals surface area contributed by atoms with E-state index in [2.05, 4.69) is 4.98 Å².